The molecule has 1 heterocycles. The minimum absolute atomic E-state index is 0.161. The van der Waals surface area contributed by atoms with Crippen molar-refractivity contribution in [3.8, 4) is 5.75 Å². The van der Waals surface area contributed by atoms with E-state index in [9.17, 15) is 23.1 Å². The summed E-state index contributed by atoms with van der Waals surface area (Å²) in [5.74, 6) is -1.15. The molecule has 0 aliphatic rings. The van der Waals surface area contributed by atoms with Crippen molar-refractivity contribution in [2.75, 3.05) is 6.26 Å². The van der Waals surface area contributed by atoms with Gasteiger partial charge >= 0.3 is 5.63 Å². The molecule has 0 aliphatic carbocycles. The Kier molecular flexibility index (Phi) is 4.48. The normalized spacial score (nSPS) is 11.9. The van der Waals surface area contributed by atoms with Crippen molar-refractivity contribution in [1.82, 2.24) is 0 Å². The number of para-hydroxylation sites is 1. The first-order valence-electron chi connectivity index (χ1n) is 7.55. The van der Waals surface area contributed by atoms with E-state index in [1.54, 1.807) is 12.1 Å². The molecular formula is C19H14O6S. The van der Waals surface area contributed by atoms with Crippen LogP contribution >= 0.6 is 0 Å². The van der Waals surface area contributed by atoms with Crippen LogP contribution in [0.4, 0.5) is 0 Å². The zero-order chi connectivity index (χ0) is 18.9. The lowest BCUT2D eigenvalue weighted by atomic mass is 10.1. The molecule has 7 heteroatoms. The highest BCUT2D eigenvalue weighted by Crippen LogP contribution is 2.26. The molecule has 0 saturated carbocycles. The molecule has 0 unspecified atom stereocenters. The predicted molar refractivity (Wildman–Crippen MR) is 97.1 cm³/mol. The van der Waals surface area contributed by atoms with Crippen molar-refractivity contribution >= 4 is 32.7 Å². The second kappa shape index (κ2) is 6.61. The summed E-state index contributed by atoms with van der Waals surface area (Å²) in [5, 5.41) is 10.5. The fourth-order valence-corrected chi connectivity index (χ4v) is 3.06. The quantitative estimate of drug-likeness (QED) is 0.430. The Morgan fingerprint density at radius 3 is 2.38 bits per heavy atom. The number of hydrogen-bond acceptors (Lipinski definition) is 6. The zero-order valence-electron chi connectivity index (χ0n) is 13.7. The number of carbonyl (C=O) groups is 1. The van der Waals surface area contributed by atoms with Crippen molar-refractivity contribution in [3.63, 3.8) is 0 Å². The SMILES string of the molecule is CS(=O)(=O)c1ccc(/C=C/C(=O)c2c(O)c3ccccc3oc2=O)cc1. The van der Waals surface area contributed by atoms with Crippen molar-refractivity contribution in [2.45, 2.75) is 4.90 Å². The Labute approximate surface area is 148 Å². The average molecular weight is 370 g/mol. The van der Waals surface area contributed by atoms with Gasteiger partial charge in [-0.3, -0.25) is 4.79 Å². The number of benzene rings is 2. The van der Waals surface area contributed by atoms with Gasteiger partial charge in [-0.05, 0) is 35.9 Å². The number of carbonyl (C=O) groups excluding carboxylic acids is 1. The van der Waals surface area contributed by atoms with Gasteiger partial charge in [-0.15, -0.1) is 0 Å². The second-order valence-corrected chi connectivity index (χ2v) is 7.66. The highest BCUT2D eigenvalue weighted by Gasteiger charge is 2.18. The van der Waals surface area contributed by atoms with E-state index in [1.807, 2.05) is 0 Å². The van der Waals surface area contributed by atoms with Crippen molar-refractivity contribution in [1.29, 1.82) is 0 Å². The lowest BCUT2D eigenvalue weighted by molar-refractivity contribution is 0.104. The largest absolute Gasteiger partial charge is 0.506 e. The number of ketones is 1. The molecule has 1 N–H and O–H groups in total. The van der Waals surface area contributed by atoms with Gasteiger partial charge in [0.2, 0.25) is 0 Å². The summed E-state index contributed by atoms with van der Waals surface area (Å²) >= 11 is 0. The fourth-order valence-electron chi connectivity index (χ4n) is 2.43. The first kappa shape index (κ1) is 17.6. The number of rotatable bonds is 4. The van der Waals surface area contributed by atoms with Gasteiger partial charge in [-0.1, -0.05) is 30.3 Å². The monoisotopic (exact) mass is 370 g/mol. The van der Waals surface area contributed by atoms with Gasteiger partial charge in [-0.2, -0.15) is 0 Å². The second-order valence-electron chi connectivity index (χ2n) is 5.65. The van der Waals surface area contributed by atoms with E-state index in [0.717, 1.165) is 12.3 Å². The Hall–Kier alpha value is -3.19. The molecule has 0 bridgehead atoms. The van der Waals surface area contributed by atoms with Crippen LogP contribution in [0.1, 0.15) is 15.9 Å². The number of allylic oxidation sites excluding steroid dienone is 1. The molecule has 1 aromatic heterocycles. The zero-order valence-corrected chi connectivity index (χ0v) is 14.5. The Morgan fingerprint density at radius 1 is 1.08 bits per heavy atom. The topological polar surface area (TPSA) is 102 Å². The summed E-state index contributed by atoms with van der Waals surface area (Å²) in [6.45, 7) is 0. The molecule has 0 radical (unpaired) electrons. The number of aromatic hydroxyl groups is 1. The van der Waals surface area contributed by atoms with E-state index in [2.05, 4.69) is 0 Å². The summed E-state index contributed by atoms with van der Waals surface area (Å²) in [7, 11) is -3.30. The van der Waals surface area contributed by atoms with Crippen LogP contribution in [0.2, 0.25) is 0 Å². The van der Waals surface area contributed by atoms with Gasteiger partial charge in [0.25, 0.3) is 0 Å². The standard InChI is InChI=1S/C19H14O6S/c1-26(23,24)13-9-6-12(7-10-13)8-11-15(20)17-18(21)14-4-2-3-5-16(14)25-19(17)22/h2-11,21H,1H3/b11-8+. The number of fused-ring (bicyclic) bond motifs is 1. The number of hydrogen-bond donors (Lipinski definition) is 1. The summed E-state index contributed by atoms with van der Waals surface area (Å²) in [4.78, 5) is 24.5. The molecule has 0 amide bonds. The third-order valence-corrected chi connectivity index (χ3v) is 4.90. The van der Waals surface area contributed by atoms with Gasteiger partial charge in [0.1, 0.15) is 16.9 Å². The van der Waals surface area contributed by atoms with E-state index in [4.69, 9.17) is 4.42 Å². The van der Waals surface area contributed by atoms with Crippen LogP contribution in [-0.2, 0) is 9.84 Å². The van der Waals surface area contributed by atoms with Gasteiger partial charge in [0.15, 0.2) is 15.6 Å². The van der Waals surface area contributed by atoms with Gasteiger partial charge in [-0.25, -0.2) is 13.2 Å². The van der Waals surface area contributed by atoms with Crippen LogP contribution < -0.4 is 5.63 Å². The third-order valence-electron chi connectivity index (χ3n) is 3.77. The summed E-state index contributed by atoms with van der Waals surface area (Å²) in [5.41, 5.74) is -0.627. The molecule has 3 rings (SSSR count). The summed E-state index contributed by atoms with van der Waals surface area (Å²) in [6.07, 6.45) is 3.64. The van der Waals surface area contributed by atoms with Gasteiger partial charge in [0.05, 0.1) is 10.3 Å². The van der Waals surface area contributed by atoms with Crippen LogP contribution in [0.3, 0.4) is 0 Å². The summed E-state index contributed by atoms with van der Waals surface area (Å²) in [6, 6.07) is 12.2. The Balaban J connectivity index is 1.94. The Bertz CT molecular complexity index is 1180. The third kappa shape index (κ3) is 3.43. The maximum absolute atomic E-state index is 12.3. The average Bonchev–Trinajstić information content (AvgIpc) is 2.59. The molecule has 0 atom stereocenters. The molecule has 2 aromatic carbocycles. The van der Waals surface area contributed by atoms with Crippen molar-refractivity contribution < 1.29 is 22.7 Å². The lowest BCUT2D eigenvalue weighted by Gasteiger charge is -2.03. The molecule has 0 aliphatic heterocycles. The van der Waals surface area contributed by atoms with E-state index < -0.39 is 32.6 Å². The molecular weight excluding hydrogens is 356 g/mol. The van der Waals surface area contributed by atoms with E-state index in [0.29, 0.717) is 5.56 Å². The molecule has 0 fully saturated rings. The first-order valence-corrected chi connectivity index (χ1v) is 9.44. The van der Waals surface area contributed by atoms with Gasteiger partial charge < -0.3 is 9.52 Å². The van der Waals surface area contributed by atoms with E-state index in [-0.39, 0.29) is 15.9 Å². The van der Waals surface area contributed by atoms with Crippen LogP contribution in [0.15, 0.2) is 68.7 Å². The Morgan fingerprint density at radius 2 is 1.73 bits per heavy atom. The maximum atomic E-state index is 12.3. The van der Waals surface area contributed by atoms with Crippen LogP contribution in [0.25, 0.3) is 17.0 Å². The highest BCUT2D eigenvalue weighted by atomic mass is 32.2. The van der Waals surface area contributed by atoms with E-state index in [1.165, 1.54) is 42.5 Å². The smallest absolute Gasteiger partial charge is 0.351 e. The number of sulfone groups is 1. The summed E-state index contributed by atoms with van der Waals surface area (Å²) < 4.78 is 27.9. The molecule has 26 heavy (non-hydrogen) atoms. The molecule has 132 valence electrons. The maximum Gasteiger partial charge on any atom is 0.351 e. The molecule has 3 aromatic rings. The molecule has 6 nitrogen and oxygen atoms in total. The molecule has 0 spiro atoms. The first-order chi connectivity index (χ1) is 12.3. The van der Waals surface area contributed by atoms with Crippen LogP contribution in [0, 0.1) is 0 Å². The lowest BCUT2D eigenvalue weighted by Crippen LogP contribution is -2.12. The fraction of sp³-hybridized carbons (Fsp3) is 0.0526. The minimum Gasteiger partial charge on any atom is -0.506 e. The predicted octanol–water partition coefficient (Wildman–Crippen LogP) is 2.80. The van der Waals surface area contributed by atoms with Crippen LogP contribution in [-0.4, -0.2) is 25.6 Å². The minimum atomic E-state index is -3.30. The molecule has 0 saturated heterocycles. The highest BCUT2D eigenvalue weighted by molar-refractivity contribution is 7.90. The van der Waals surface area contributed by atoms with E-state index >= 15 is 0 Å². The van der Waals surface area contributed by atoms with Crippen LogP contribution in [0.5, 0.6) is 5.75 Å². The van der Waals surface area contributed by atoms with Crippen molar-refractivity contribution in [3.05, 3.63) is 76.2 Å². The van der Waals surface area contributed by atoms with Crippen molar-refractivity contribution in [2.24, 2.45) is 0 Å². The van der Waals surface area contributed by atoms with Gasteiger partial charge in [0, 0.05) is 6.26 Å².